The lowest BCUT2D eigenvalue weighted by Crippen LogP contribution is -2.39. The molecule has 0 aromatic carbocycles. The maximum absolute atomic E-state index is 12.3. The number of carboxylic acid groups (broad SMARTS) is 1. The molecule has 29 heavy (non-hydrogen) atoms. The van der Waals surface area contributed by atoms with Crippen molar-refractivity contribution in [2.75, 3.05) is 6.54 Å². The first-order valence-corrected chi connectivity index (χ1v) is 11.4. The third-order valence-electron chi connectivity index (χ3n) is 4.89. The quantitative estimate of drug-likeness (QED) is 0.161. The standard InChI is InChI=1S/C24H41NO4/c1-3-5-7-9-11-13-15-17-19-22(26)25(21-24(28)29)23(27)20-18-16-14-12-10-8-6-4-2/h3,18,20H,1,4-17,19,21H2,2H3,(H,28,29). The topological polar surface area (TPSA) is 74.7 Å². The third kappa shape index (κ3) is 16.7. The van der Waals surface area contributed by atoms with E-state index in [2.05, 4.69) is 13.5 Å². The molecule has 2 amide bonds. The fourth-order valence-corrected chi connectivity index (χ4v) is 3.15. The van der Waals surface area contributed by atoms with Gasteiger partial charge in [-0.3, -0.25) is 19.3 Å². The van der Waals surface area contributed by atoms with Gasteiger partial charge in [-0.1, -0.05) is 76.9 Å². The van der Waals surface area contributed by atoms with Gasteiger partial charge in [0, 0.05) is 6.42 Å². The normalized spacial score (nSPS) is 10.9. The molecule has 0 spiro atoms. The number of nitrogens with zero attached hydrogens (tertiary/aromatic N) is 1. The van der Waals surface area contributed by atoms with Crippen molar-refractivity contribution in [3.8, 4) is 0 Å². The molecule has 166 valence electrons. The van der Waals surface area contributed by atoms with E-state index in [4.69, 9.17) is 5.11 Å². The van der Waals surface area contributed by atoms with Crippen molar-refractivity contribution in [1.29, 1.82) is 0 Å². The van der Waals surface area contributed by atoms with Crippen LogP contribution in [0.5, 0.6) is 0 Å². The number of hydrogen-bond donors (Lipinski definition) is 1. The molecule has 0 heterocycles. The van der Waals surface area contributed by atoms with Crippen LogP contribution in [0, 0.1) is 0 Å². The Morgan fingerprint density at radius 1 is 0.828 bits per heavy atom. The number of imide groups is 1. The summed E-state index contributed by atoms with van der Waals surface area (Å²) in [6.07, 6.45) is 20.2. The molecule has 0 unspecified atom stereocenters. The van der Waals surface area contributed by atoms with E-state index in [0.717, 1.165) is 62.7 Å². The molecule has 0 aliphatic rings. The van der Waals surface area contributed by atoms with Gasteiger partial charge in [0.05, 0.1) is 0 Å². The summed E-state index contributed by atoms with van der Waals surface area (Å²) < 4.78 is 0. The Bertz CT molecular complexity index is 499. The molecule has 0 aromatic heterocycles. The second-order valence-electron chi connectivity index (χ2n) is 7.62. The summed E-state index contributed by atoms with van der Waals surface area (Å²) in [5.74, 6) is -2.08. The average molecular weight is 408 g/mol. The van der Waals surface area contributed by atoms with Crippen molar-refractivity contribution in [2.45, 2.75) is 103 Å². The molecule has 0 aliphatic heterocycles. The van der Waals surface area contributed by atoms with Crippen LogP contribution >= 0.6 is 0 Å². The summed E-state index contributed by atoms with van der Waals surface area (Å²) in [6.45, 7) is 5.32. The van der Waals surface area contributed by atoms with Gasteiger partial charge in [0.15, 0.2) is 0 Å². The molecule has 5 heteroatoms. The predicted octanol–water partition coefficient (Wildman–Crippen LogP) is 6.04. The maximum atomic E-state index is 12.3. The first-order valence-electron chi connectivity index (χ1n) is 11.4. The molecule has 0 atom stereocenters. The van der Waals surface area contributed by atoms with Gasteiger partial charge in [-0.15, -0.1) is 6.58 Å². The molecule has 0 fully saturated rings. The SMILES string of the molecule is C=CCCCCCCCCC(=O)N(CC(=O)O)C(=O)C=CCCCCCCCC. The summed E-state index contributed by atoms with van der Waals surface area (Å²) in [7, 11) is 0. The molecular formula is C24H41NO4. The maximum Gasteiger partial charge on any atom is 0.323 e. The van der Waals surface area contributed by atoms with Gasteiger partial charge in [-0.25, -0.2) is 0 Å². The molecule has 0 aromatic rings. The van der Waals surface area contributed by atoms with Gasteiger partial charge in [0.2, 0.25) is 5.91 Å². The van der Waals surface area contributed by atoms with Crippen molar-refractivity contribution >= 4 is 17.8 Å². The Labute approximate surface area is 177 Å². The zero-order valence-electron chi connectivity index (χ0n) is 18.4. The first kappa shape index (κ1) is 27.1. The van der Waals surface area contributed by atoms with E-state index < -0.39 is 24.3 Å². The highest BCUT2D eigenvalue weighted by molar-refractivity contribution is 6.02. The number of amides is 2. The smallest absolute Gasteiger partial charge is 0.323 e. The Kier molecular flexibility index (Phi) is 18.1. The van der Waals surface area contributed by atoms with Crippen molar-refractivity contribution in [2.24, 2.45) is 0 Å². The largest absolute Gasteiger partial charge is 0.480 e. The van der Waals surface area contributed by atoms with E-state index in [0.29, 0.717) is 6.42 Å². The van der Waals surface area contributed by atoms with Crippen LogP contribution < -0.4 is 0 Å². The van der Waals surface area contributed by atoms with Crippen LogP contribution in [-0.2, 0) is 14.4 Å². The van der Waals surface area contributed by atoms with E-state index in [9.17, 15) is 14.4 Å². The molecular weight excluding hydrogens is 366 g/mol. The van der Waals surface area contributed by atoms with Crippen LogP contribution in [0.1, 0.15) is 103 Å². The predicted molar refractivity (Wildman–Crippen MR) is 119 cm³/mol. The fourth-order valence-electron chi connectivity index (χ4n) is 3.15. The van der Waals surface area contributed by atoms with Gasteiger partial charge in [0.25, 0.3) is 5.91 Å². The Hall–Kier alpha value is -1.91. The number of allylic oxidation sites excluding steroid dienone is 2. The van der Waals surface area contributed by atoms with Gasteiger partial charge in [-0.2, -0.15) is 0 Å². The molecule has 0 rings (SSSR count). The van der Waals surface area contributed by atoms with Gasteiger partial charge >= 0.3 is 5.97 Å². The Morgan fingerprint density at radius 3 is 1.97 bits per heavy atom. The van der Waals surface area contributed by atoms with E-state index in [-0.39, 0.29) is 6.42 Å². The highest BCUT2D eigenvalue weighted by atomic mass is 16.4. The minimum atomic E-state index is -1.17. The summed E-state index contributed by atoms with van der Waals surface area (Å²) in [5.41, 5.74) is 0. The Morgan fingerprint density at radius 2 is 1.38 bits per heavy atom. The summed E-state index contributed by atoms with van der Waals surface area (Å²) >= 11 is 0. The number of aliphatic carboxylic acids is 1. The number of carbonyl (C=O) groups excluding carboxylic acids is 2. The number of hydrogen-bond acceptors (Lipinski definition) is 3. The monoisotopic (exact) mass is 407 g/mol. The zero-order chi connectivity index (χ0) is 21.7. The molecule has 0 aliphatic carbocycles. The number of carbonyl (C=O) groups is 3. The number of rotatable bonds is 19. The molecule has 0 radical (unpaired) electrons. The molecule has 5 nitrogen and oxygen atoms in total. The van der Waals surface area contributed by atoms with Crippen molar-refractivity contribution in [1.82, 2.24) is 4.90 Å². The molecule has 0 saturated carbocycles. The molecule has 0 saturated heterocycles. The lowest BCUT2D eigenvalue weighted by Gasteiger charge is -2.17. The average Bonchev–Trinajstić information content (AvgIpc) is 2.69. The minimum absolute atomic E-state index is 0.219. The number of carboxylic acids is 1. The number of unbranched alkanes of at least 4 members (excludes halogenated alkanes) is 12. The summed E-state index contributed by atoms with van der Waals surface area (Å²) in [4.78, 5) is 36.5. The lowest BCUT2D eigenvalue weighted by molar-refractivity contribution is -0.150. The fraction of sp³-hybridized carbons (Fsp3) is 0.708. The van der Waals surface area contributed by atoms with Crippen molar-refractivity contribution < 1.29 is 19.5 Å². The first-order chi connectivity index (χ1) is 14.0. The molecule has 0 bridgehead atoms. The van der Waals surface area contributed by atoms with Gasteiger partial charge < -0.3 is 5.11 Å². The Balaban J connectivity index is 4.18. The van der Waals surface area contributed by atoms with E-state index >= 15 is 0 Å². The summed E-state index contributed by atoms with van der Waals surface area (Å²) in [6, 6.07) is 0. The van der Waals surface area contributed by atoms with Crippen molar-refractivity contribution in [3.05, 3.63) is 24.8 Å². The van der Waals surface area contributed by atoms with Crippen LogP contribution in [0.4, 0.5) is 0 Å². The van der Waals surface area contributed by atoms with Crippen LogP contribution in [0.2, 0.25) is 0 Å². The van der Waals surface area contributed by atoms with E-state index in [1.54, 1.807) is 6.08 Å². The van der Waals surface area contributed by atoms with E-state index in [1.165, 1.54) is 31.8 Å². The van der Waals surface area contributed by atoms with Crippen LogP contribution in [0.25, 0.3) is 0 Å². The summed E-state index contributed by atoms with van der Waals surface area (Å²) in [5, 5.41) is 9.03. The highest BCUT2D eigenvalue weighted by Gasteiger charge is 2.21. The van der Waals surface area contributed by atoms with Gasteiger partial charge in [0.1, 0.15) is 6.54 Å². The van der Waals surface area contributed by atoms with Gasteiger partial charge in [-0.05, 0) is 38.2 Å². The second-order valence-corrected chi connectivity index (χ2v) is 7.62. The zero-order valence-corrected chi connectivity index (χ0v) is 18.4. The van der Waals surface area contributed by atoms with Crippen LogP contribution in [0.3, 0.4) is 0 Å². The lowest BCUT2D eigenvalue weighted by atomic mass is 10.1. The van der Waals surface area contributed by atoms with E-state index in [1.807, 2.05) is 6.08 Å². The minimum Gasteiger partial charge on any atom is -0.480 e. The van der Waals surface area contributed by atoms with Crippen LogP contribution in [-0.4, -0.2) is 34.3 Å². The highest BCUT2D eigenvalue weighted by Crippen LogP contribution is 2.11. The second kappa shape index (κ2) is 19.4. The third-order valence-corrected chi connectivity index (χ3v) is 4.89. The molecule has 1 N–H and O–H groups in total. The van der Waals surface area contributed by atoms with Crippen LogP contribution in [0.15, 0.2) is 24.8 Å². The van der Waals surface area contributed by atoms with Crippen molar-refractivity contribution in [3.63, 3.8) is 0 Å².